The number of aromatic nitrogens is 2. The molecule has 0 bridgehead atoms. The first-order chi connectivity index (χ1) is 13.8. The molecule has 0 saturated heterocycles. The van der Waals surface area contributed by atoms with Crippen molar-refractivity contribution >= 4 is 16.6 Å². The number of aliphatic hydroxyl groups excluding tert-OH is 1. The molecule has 0 fully saturated rings. The van der Waals surface area contributed by atoms with Gasteiger partial charge in [-0.05, 0) is 17.7 Å². The Morgan fingerprint density at radius 2 is 2.10 bits per heavy atom. The van der Waals surface area contributed by atoms with Gasteiger partial charge in [0.2, 0.25) is 0 Å². The van der Waals surface area contributed by atoms with E-state index in [1.165, 1.54) is 0 Å². The molecular weight excluding hydrogens is 366 g/mol. The lowest BCUT2D eigenvalue weighted by Gasteiger charge is -2.47. The fourth-order valence-electron chi connectivity index (χ4n) is 4.35. The molecule has 2 aliphatic heterocycles. The highest BCUT2D eigenvalue weighted by molar-refractivity contribution is 5.95. The average Bonchev–Trinajstić information content (AvgIpc) is 3.05. The van der Waals surface area contributed by atoms with Crippen molar-refractivity contribution in [1.82, 2.24) is 14.7 Å². The quantitative estimate of drug-likeness (QED) is 0.769. The van der Waals surface area contributed by atoms with E-state index >= 15 is 0 Å². The molecule has 0 aliphatic carbocycles. The maximum Gasteiger partial charge on any atom is 0.146 e. The van der Waals surface area contributed by atoms with Crippen LogP contribution >= 0.6 is 0 Å². The average molecular weight is 393 g/mol. The van der Waals surface area contributed by atoms with Gasteiger partial charge in [0.15, 0.2) is 0 Å². The van der Waals surface area contributed by atoms with Gasteiger partial charge in [0, 0.05) is 29.7 Å². The van der Waals surface area contributed by atoms with Crippen molar-refractivity contribution < 1.29 is 14.6 Å². The van der Waals surface area contributed by atoms with Gasteiger partial charge in [0.1, 0.15) is 17.0 Å². The number of nitrogens with zero attached hydrogens (tertiary/aromatic N) is 3. The van der Waals surface area contributed by atoms with Crippen LogP contribution < -0.4 is 4.74 Å². The Kier molecular flexibility index (Phi) is 4.54. The lowest BCUT2D eigenvalue weighted by Crippen LogP contribution is -2.50. The van der Waals surface area contributed by atoms with E-state index in [2.05, 4.69) is 42.7 Å². The van der Waals surface area contributed by atoms with Crippen LogP contribution in [0.25, 0.3) is 16.6 Å². The van der Waals surface area contributed by atoms with E-state index in [-0.39, 0.29) is 17.2 Å². The van der Waals surface area contributed by atoms with Crippen molar-refractivity contribution in [2.75, 3.05) is 20.8 Å². The molecule has 0 saturated carbocycles. The smallest absolute Gasteiger partial charge is 0.146 e. The predicted octanol–water partition coefficient (Wildman–Crippen LogP) is 4.27. The normalized spacial score (nSPS) is 18.8. The summed E-state index contributed by atoms with van der Waals surface area (Å²) in [4.78, 5) is 2.21. The molecule has 6 nitrogen and oxygen atoms in total. The predicted molar refractivity (Wildman–Crippen MR) is 115 cm³/mol. The van der Waals surface area contributed by atoms with Gasteiger partial charge in [-0.25, -0.2) is 0 Å². The Morgan fingerprint density at radius 3 is 2.76 bits per heavy atom. The van der Waals surface area contributed by atoms with Crippen molar-refractivity contribution in [2.24, 2.45) is 5.41 Å². The highest BCUT2D eigenvalue weighted by Gasteiger charge is 2.42. The molecule has 1 atom stereocenters. The van der Waals surface area contributed by atoms with E-state index < -0.39 is 0 Å². The van der Waals surface area contributed by atoms with Crippen LogP contribution in [0, 0.1) is 5.41 Å². The number of allylic oxidation sites excluding steroid dienone is 2. The van der Waals surface area contributed by atoms with Crippen molar-refractivity contribution in [3.05, 3.63) is 66.2 Å². The summed E-state index contributed by atoms with van der Waals surface area (Å²) >= 11 is 0. The molecule has 0 spiro atoms. The van der Waals surface area contributed by atoms with Crippen molar-refractivity contribution in [1.29, 1.82) is 0 Å². The second-order valence-electron chi connectivity index (χ2n) is 8.28. The minimum atomic E-state index is -0.176. The number of hydrogen-bond donors (Lipinski definition) is 1. The Morgan fingerprint density at radius 1 is 1.34 bits per heavy atom. The lowest BCUT2D eigenvalue weighted by atomic mass is 9.81. The fraction of sp³-hybridized carbons (Fsp3) is 0.348. The van der Waals surface area contributed by atoms with Gasteiger partial charge in [0.05, 0.1) is 37.7 Å². The monoisotopic (exact) mass is 393 g/mol. The molecule has 1 N–H and O–H groups in total. The van der Waals surface area contributed by atoms with Gasteiger partial charge < -0.3 is 19.5 Å². The Balaban J connectivity index is 1.96. The van der Waals surface area contributed by atoms with Gasteiger partial charge in [-0.15, -0.1) is 0 Å². The number of fused-ring (bicyclic) bond motifs is 5. The van der Waals surface area contributed by atoms with Crippen LogP contribution in [-0.4, -0.2) is 46.7 Å². The molecule has 0 amide bonds. The minimum absolute atomic E-state index is 0.0132. The van der Waals surface area contributed by atoms with Crippen LogP contribution in [0.15, 0.2) is 60.5 Å². The molecule has 2 aromatic rings. The summed E-state index contributed by atoms with van der Waals surface area (Å²) in [6.07, 6.45) is 3.95. The third kappa shape index (κ3) is 2.95. The molecule has 2 aliphatic rings. The third-order valence-electron chi connectivity index (χ3n) is 5.81. The number of aliphatic hydroxyl groups is 1. The van der Waals surface area contributed by atoms with Crippen LogP contribution in [-0.2, 0) is 11.3 Å². The van der Waals surface area contributed by atoms with Gasteiger partial charge in [-0.2, -0.15) is 5.10 Å². The van der Waals surface area contributed by atoms with Crippen LogP contribution in [0.4, 0.5) is 0 Å². The van der Waals surface area contributed by atoms with Crippen LogP contribution in [0.1, 0.15) is 19.5 Å². The highest BCUT2D eigenvalue weighted by Crippen LogP contribution is 2.44. The first-order valence-electron chi connectivity index (χ1n) is 9.60. The summed E-state index contributed by atoms with van der Waals surface area (Å²) in [6.45, 7) is 13.5. The van der Waals surface area contributed by atoms with E-state index in [1.54, 1.807) is 14.2 Å². The molecule has 1 aromatic carbocycles. The van der Waals surface area contributed by atoms with E-state index in [0.29, 0.717) is 18.7 Å². The maximum atomic E-state index is 10.1. The summed E-state index contributed by atoms with van der Waals surface area (Å²) in [5.74, 6) is 0.762. The Bertz CT molecular complexity index is 1070. The first kappa shape index (κ1) is 19.3. The second kappa shape index (κ2) is 6.81. The van der Waals surface area contributed by atoms with Crippen molar-refractivity contribution in [3.63, 3.8) is 0 Å². The van der Waals surface area contributed by atoms with Crippen molar-refractivity contribution in [3.8, 4) is 5.75 Å². The van der Waals surface area contributed by atoms with Crippen LogP contribution in [0.3, 0.4) is 0 Å². The zero-order valence-electron chi connectivity index (χ0n) is 17.4. The van der Waals surface area contributed by atoms with E-state index in [0.717, 1.165) is 33.6 Å². The largest absolute Gasteiger partial charge is 0.508 e. The summed E-state index contributed by atoms with van der Waals surface area (Å²) < 4.78 is 13.1. The maximum absolute atomic E-state index is 10.1. The molecule has 0 radical (unpaired) electrons. The molecule has 3 heterocycles. The number of hydrogen-bond acceptors (Lipinski definition) is 5. The SMILES string of the molecule is C=C(O)C1=CN2C(=CC1=C)c1c3cccc(OC)c3nn1CC2C(C)(C)COC. The molecule has 1 aromatic heterocycles. The van der Waals surface area contributed by atoms with Gasteiger partial charge >= 0.3 is 0 Å². The molecule has 29 heavy (non-hydrogen) atoms. The molecule has 152 valence electrons. The number of methoxy groups -OCH3 is 2. The lowest BCUT2D eigenvalue weighted by molar-refractivity contribution is 0.0405. The van der Waals surface area contributed by atoms with E-state index in [1.807, 2.05) is 24.4 Å². The summed E-state index contributed by atoms with van der Waals surface area (Å²) in [5.41, 5.74) is 4.03. The fourth-order valence-corrected chi connectivity index (χ4v) is 4.35. The number of benzene rings is 1. The Labute approximate surface area is 171 Å². The Hall–Kier alpha value is -2.99. The third-order valence-corrected chi connectivity index (χ3v) is 5.81. The van der Waals surface area contributed by atoms with E-state index in [4.69, 9.17) is 14.6 Å². The first-order valence-corrected chi connectivity index (χ1v) is 9.60. The number of rotatable bonds is 5. The zero-order chi connectivity index (χ0) is 20.9. The van der Waals surface area contributed by atoms with E-state index in [9.17, 15) is 5.11 Å². The minimum Gasteiger partial charge on any atom is -0.508 e. The summed E-state index contributed by atoms with van der Waals surface area (Å²) in [6, 6.07) is 6.02. The van der Waals surface area contributed by atoms with Gasteiger partial charge in [-0.1, -0.05) is 39.1 Å². The summed E-state index contributed by atoms with van der Waals surface area (Å²) in [5, 5.41) is 16.0. The van der Waals surface area contributed by atoms with Crippen LogP contribution in [0.5, 0.6) is 5.75 Å². The second-order valence-corrected chi connectivity index (χ2v) is 8.28. The van der Waals surface area contributed by atoms with Gasteiger partial charge in [0.25, 0.3) is 0 Å². The highest BCUT2D eigenvalue weighted by atomic mass is 16.5. The zero-order valence-corrected chi connectivity index (χ0v) is 17.4. The molecular formula is C23H27N3O3. The summed E-state index contributed by atoms with van der Waals surface area (Å²) in [7, 11) is 3.38. The molecule has 4 rings (SSSR count). The molecule has 6 heteroatoms. The standard InChI is InChI=1S/C23H27N3O3/c1-14-10-18-22-16-8-7-9-19(29-6)21(16)24-26(22)12-20(23(3,4)13-28-5)25(18)11-17(14)15(2)27/h7-11,20,27H,1-2,12-13H2,3-6H3. The molecule has 1 unspecified atom stereocenters. The van der Waals surface area contributed by atoms with Gasteiger partial charge in [-0.3, -0.25) is 4.68 Å². The van der Waals surface area contributed by atoms with Crippen molar-refractivity contribution in [2.45, 2.75) is 26.4 Å². The van der Waals surface area contributed by atoms with Crippen LogP contribution in [0.2, 0.25) is 0 Å². The topological polar surface area (TPSA) is 59.8 Å². The number of ether oxygens (including phenoxy) is 2.